The lowest BCUT2D eigenvalue weighted by Crippen LogP contribution is -2.42. The second kappa shape index (κ2) is 4.61. The summed E-state index contributed by atoms with van der Waals surface area (Å²) in [4.78, 5) is 11.4. The molecule has 76 valence electrons. The monoisotopic (exact) mass is 184 g/mol. The minimum Gasteiger partial charge on any atom is -0.354 e. The van der Waals surface area contributed by atoms with E-state index in [-0.39, 0.29) is 11.9 Å². The van der Waals surface area contributed by atoms with Gasteiger partial charge in [-0.3, -0.25) is 4.79 Å². The van der Waals surface area contributed by atoms with Gasteiger partial charge in [-0.2, -0.15) is 0 Å². The summed E-state index contributed by atoms with van der Waals surface area (Å²) in [5.74, 6) is 1.23. The minimum absolute atomic E-state index is 0.0144. The molecule has 0 aliphatic heterocycles. The van der Waals surface area contributed by atoms with Crippen LogP contribution in [0.4, 0.5) is 0 Å². The molecule has 1 aliphatic carbocycles. The van der Waals surface area contributed by atoms with Gasteiger partial charge in [0.1, 0.15) is 0 Å². The molecule has 13 heavy (non-hydrogen) atoms. The second-order valence-corrected chi connectivity index (χ2v) is 4.42. The van der Waals surface area contributed by atoms with Crippen molar-refractivity contribution in [1.82, 2.24) is 5.32 Å². The average Bonchev–Trinajstić information content (AvgIpc) is 2.81. The Kier molecular flexibility index (Phi) is 3.72. The molecule has 1 amide bonds. The van der Waals surface area contributed by atoms with Crippen LogP contribution < -0.4 is 11.1 Å². The van der Waals surface area contributed by atoms with Gasteiger partial charge in [0.2, 0.25) is 5.91 Å². The fourth-order valence-corrected chi connectivity index (χ4v) is 1.31. The number of hydrogen-bond donors (Lipinski definition) is 2. The molecule has 0 aromatic rings. The molecule has 3 heteroatoms. The van der Waals surface area contributed by atoms with Crippen molar-refractivity contribution in [1.29, 1.82) is 0 Å². The molecule has 0 aromatic heterocycles. The van der Waals surface area contributed by atoms with Crippen LogP contribution in [0.2, 0.25) is 0 Å². The van der Waals surface area contributed by atoms with Crippen molar-refractivity contribution in [3.8, 4) is 0 Å². The standard InChI is InChI=1S/C10H20N2O/c1-7(2)5-9(11)10(13)12-6-8-3-4-8/h7-9H,3-6,11H2,1-2H3,(H,12,13)/t9-/m0/s1. The Labute approximate surface area is 80.1 Å². The lowest BCUT2D eigenvalue weighted by atomic mass is 10.0. The van der Waals surface area contributed by atoms with E-state index < -0.39 is 0 Å². The number of carbonyl (C=O) groups excluding carboxylic acids is 1. The lowest BCUT2D eigenvalue weighted by molar-refractivity contribution is -0.122. The van der Waals surface area contributed by atoms with Crippen molar-refractivity contribution in [2.75, 3.05) is 6.54 Å². The maximum absolute atomic E-state index is 11.4. The third kappa shape index (κ3) is 4.27. The molecule has 1 atom stereocenters. The maximum atomic E-state index is 11.4. The number of rotatable bonds is 5. The van der Waals surface area contributed by atoms with E-state index >= 15 is 0 Å². The zero-order valence-corrected chi connectivity index (χ0v) is 8.55. The number of nitrogens with two attached hydrogens (primary N) is 1. The Balaban J connectivity index is 2.12. The number of carbonyl (C=O) groups is 1. The normalized spacial score (nSPS) is 18.8. The summed E-state index contributed by atoms with van der Waals surface area (Å²) in [5.41, 5.74) is 5.71. The average molecular weight is 184 g/mol. The van der Waals surface area contributed by atoms with Crippen LogP contribution in [0.25, 0.3) is 0 Å². The van der Waals surface area contributed by atoms with Crippen molar-refractivity contribution >= 4 is 5.91 Å². The predicted octanol–water partition coefficient (Wildman–Crippen LogP) is 0.886. The molecule has 0 unspecified atom stereocenters. The van der Waals surface area contributed by atoms with Gasteiger partial charge in [0.25, 0.3) is 0 Å². The van der Waals surface area contributed by atoms with Gasteiger partial charge in [0, 0.05) is 6.54 Å². The van der Waals surface area contributed by atoms with Gasteiger partial charge in [0.15, 0.2) is 0 Å². The van der Waals surface area contributed by atoms with E-state index in [9.17, 15) is 4.79 Å². The van der Waals surface area contributed by atoms with Gasteiger partial charge < -0.3 is 11.1 Å². The second-order valence-electron chi connectivity index (χ2n) is 4.42. The summed E-state index contributed by atoms with van der Waals surface area (Å²) in [6, 6.07) is -0.321. The Hall–Kier alpha value is -0.570. The molecule has 3 N–H and O–H groups in total. The molecule has 0 saturated heterocycles. The number of amides is 1. The SMILES string of the molecule is CC(C)C[C@H](N)C(=O)NCC1CC1. The smallest absolute Gasteiger partial charge is 0.236 e. The Morgan fingerprint density at radius 2 is 2.15 bits per heavy atom. The van der Waals surface area contributed by atoms with E-state index in [1.807, 2.05) is 0 Å². The Bertz CT molecular complexity index is 176. The first-order valence-corrected chi connectivity index (χ1v) is 5.13. The quantitative estimate of drug-likeness (QED) is 0.666. The number of nitrogens with one attached hydrogen (secondary N) is 1. The fraction of sp³-hybridized carbons (Fsp3) is 0.900. The van der Waals surface area contributed by atoms with Crippen molar-refractivity contribution < 1.29 is 4.79 Å². The highest BCUT2D eigenvalue weighted by Crippen LogP contribution is 2.27. The summed E-state index contributed by atoms with van der Waals surface area (Å²) in [7, 11) is 0. The highest BCUT2D eigenvalue weighted by Gasteiger charge is 2.23. The van der Waals surface area contributed by atoms with Gasteiger partial charge in [-0.05, 0) is 31.1 Å². The van der Waals surface area contributed by atoms with Crippen LogP contribution in [0, 0.1) is 11.8 Å². The molecule has 0 bridgehead atoms. The van der Waals surface area contributed by atoms with Crippen molar-refractivity contribution in [3.63, 3.8) is 0 Å². The molecule has 0 spiro atoms. The van der Waals surface area contributed by atoms with Crippen LogP contribution in [0.5, 0.6) is 0 Å². The molecule has 0 aromatic carbocycles. The van der Waals surface area contributed by atoms with E-state index in [2.05, 4.69) is 19.2 Å². The number of hydrogen-bond acceptors (Lipinski definition) is 2. The Morgan fingerprint density at radius 3 is 2.62 bits per heavy atom. The van der Waals surface area contributed by atoms with Crippen LogP contribution in [-0.4, -0.2) is 18.5 Å². The highest BCUT2D eigenvalue weighted by molar-refractivity contribution is 5.81. The molecule has 0 heterocycles. The molecular formula is C10H20N2O. The zero-order valence-electron chi connectivity index (χ0n) is 8.55. The first-order valence-electron chi connectivity index (χ1n) is 5.13. The maximum Gasteiger partial charge on any atom is 0.236 e. The largest absolute Gasteiger partial charge is 0.354 e. The van der Waals surface area contributed by atoms with Crippen LogP contribution in [0.15, 0.2) is 0 Å². The van der Waals surface area contributed by atoms with Crippen LogP contribution >= 0.6 is 0 Å². The van der Waals surface area contributed by atoms with Crippen molar-refractivity contribution in [2.45, 2.75) is 39.2 Å². The van der Waals surface area contributed by atoms with E-state index in [1.165, 1.54) is 12.8 Å². The van der Waals surface area contributed by atoms with Crippen molar-refractivity contribution in [2.24, 2.45) is 17.6 Å². The van der Waals surface area contributed by atoms with E-state index in [4.69, 9.17) is 5.73 Å². The van der Waals surface area contributed by atoms with Crippen LogP contribution in [-0.2, 0) is 4.79 Å². The highest BCUT2D eigenvalue weighted by atomic mass is 16.2. The zero-order chi connectivity index (χ0) is 9.84. The lowest BCUT2D eigenvalue weighted by Gasteiger charge is -2.13. The van der Waals surface area contributed by atoms with E-state index in [0.29, 0.717) is 5.92 Å². The summed E-state index contributed by atoms with van der Waals surface area (Å²) < 4.78 is 0. The summed E-state index contributed by atoms with van der Waals surface area (Å²) in [5, 5.41) is 2.89. The molecular weight excluding hydrogens is 164 g/mol. The van der Waals surface area contributed by atoms with Crippen LogP contribution in [0.3, 0.4) is 0 Å². The van der Waals surface area contributed by atoms with Gasteiger partial charge in [-0.15, -0.1) is 0 Å². The topological polar surface area (TPSA) is 55.1 Å². The predicted molar refractivity (Wildman–Crippen MR) is 53.2 cm³/mol. The summed E-state index contributed by atoms with van der Waals surface area (Å²) in [6.07, 6.45) is 3.30. The van der Waals surface area contributed by atoms with Crippen LogP contribution in [0.1, 0.15) is 33.1 Å². The van der Waals surface area contributed by atoms with E-state index in [0.717, 1.165) is 18.9 Å². The van der Waals surface area contributed by atoms with Crippen molar-refractivity contribution in [3.05, 3.63) is 0 Å². The third-order valence-corrected chi connectivity index (χ3v) is 2.32. The summed E-state index contributed by atoms with van der Waals surface area (Å²) >= 11 is 0. The minimum atomic E-state index is -0.321. The fourth-order valence-electron chi connectivity index (χ4n) is 1.31. The first kappa shape index (κ1) is 10.5. The van der Waals surface area contributed by atoms with Gasteiger partial charge in [-0.25, -0.2) is 0 Å². The molecule has 1 saturated carbocycles. The molecule has 3 nitrogen and oxygen atoms in total. The molecule has 1 aliphatic rings. The van der Waals surface area contributed by atoms with Gasteiger partial charge >= 0.3 is 0 Å². The summed E-state index contributed by atoms with van der Waals surface area (Å²) in [6.45, 7) is 4.98. The third-order valence-electron chi connectivity index (χ3n) is 2.32. The molecule has 1 rings (SSSR count). The Morgan fingerprint density at radius 1 is 1.54 bits per heavy atom. The molecule has 0 radical (unpaired) electrons. The van der Waals surface area contributed by atoms with Gasteiger partial charge in [-0.1, -0.05) is 13.8 Å². The van der Waals surface area contributed by atoms with E-state index in [1.54, 1.807) is 0 Å². The van der Waals surface area contributed by atoms with Gasteiger partial charge in [0.05, 0.1) is 6.04 Å². The first-order chi connectivity index (χ1) is 6.09. The molecule has 1 fully saturated rings.